The molecule has 0 bridgehead atoms. The lowest BCUT2D eigenvalue weighted by Gasteiger charge is -2.24. The van der Waals surface area contributed by atoms with E-state index in [0.717, 1.165) is 23.6 Å². The lowest BCUT2D eigenvalue weighted by Crippen LogP contribution is -2.23. The molecule has 21 heavy (non-hydrogen) atoms. The molecule has 0 aliphatic heterocycles. The molecule has 0 saturated carbocycles. The Bertz CT molecular complexity index is 579. The maximum atomic E-state index is 9.08. The predicted molar refractivity (Wildman–Crippen MR) is 82.9 cm³/mol. The number of rotatable bonds is 6. The molecule has 0 saturated heterocycles. The Morgan fingerprint density at radius 2 is 2.10 bits per heavy atom. The van der Waals surface area contributed by atoms with Crippen molar-refractivity contribution in [1.29, 1.82) is 0 Å². The van der Waals surface area contributed by atoms with Crippen LogP contribution in [0.15, 0.2) is 24.4 Å². The summed E-state index contributed by atoms with van der Waals surface area (Å²) in [5, 5.41) is 13.6. The van der Waals surface area contributed by atoms with Gasteiger partial charge in [0.2, 0.25) is 0 Å². The van der Waals surface area contributed by atoms with E-state index in [-0.39, 0.29) is 12.6 Å². The van der Waals surface area contributed by atoms with E-state index >= 15 is 0 Å². The molecule has 2 rings (SSSR count). The summed E-state index contributed by atoms with van der Waals surface area (Å²) in [4.78, 5) is 6.69. The Labute approximate surface area is 126 Å². The van der Waals surface area contributed by atoms with E-state index in [0.29, 0.717) is 6.54 Å². The van der Waals surface area contributed by atoms with Crippen LogP contribution >= 0.6 is 0 Å². The summed E-state index contributed by atoms with van der Waals surface area (Å²) >= 11 is 0. The molecule has 0 radical (unpaired) electrons. The SMILES string of the molecule is Cc1nn(CCO)c(C)c1CN(C)[C@H](C)c1ccccn1. The number of aromatic nitrogens is 3. The van der Waals surface area contributed by atoms with Crippen LogP contribution in [0.4, 0.5) is 0 Å². The second-order valence-electron chi connectivity index (χ2n) is 5.44. The lowest BCUT2D eigenvalue weighted by molar-refractivity contribution is 0.247. The fraction of sp³-hybridized carbons (Fsp3) is 0.500. The third-order valence-corrected chi connectivity index (χ3v) is 4.03. The van der Waals surface area contributed by atoms with Gasteiger partial charge in [-0.2, -0.15) is 5.10 Å². The molecule has 114 valence electrons. The second-order valence-corrected chi connectivity index (χ2v) is 5.44. The number of aryl methyl sites for hydroxylation is 1. The zero-order valence-electron chi connectivity index (χ0n) is 13.2. The maximum absolute atomic E-state index is 9.08. The normalized spacial score (nSPS) is 12.9. The van der Waals surface area contributed by atoms with Gasteiger partial charge in [0.1, 0.15) is 0 Å². The first kappa shape index (κ1) is 15.7. The Balaban J connectivity index is 2.14. The molecule has 2 aromatic rings. The van der Waals surface area contributed by atoms with Crippen LogP contribution in [-0.2, 0) is 13.1 Å². The average molecular weight is 288 g/mol. The summed E-state index contributed by atoms with van der Waals surface area (Å²) in [5.74, 6) is 0. The van der Waals surface area contributed by atoms with Crippen LogP contribution in [0, 0.1) is 13.8 Å². The largest absolute Gasteiger partial charge is 0.394 e. The van der Waals surface area contributed by atoms with E-state index in [1.165, 1.54) is 5.56 Å². The van der Waals surface area contributed by atoms with Gasteiger partial charge in [0, 0.05) is 30.0 Å². The summed E-state index contributed by atoms with van der Waals surface area (Å²) in [6, 6.07) is 6.24. The maximum Gasteiger partial charge on any atom is 0.0644 e. The highest BCUT2D eigenvalue weighted by molar-refractivity contribution is 5.24. The topological polar surface area (TPSA) is 54.2 Å². The molecule has 0 aliphatic carbocycles. The third-order valence-electron chi connectivity index (χ3n) is 4.03. The summed E-state index contributed by atoms with van der Waals surface area (Å²) < 4.78 is 1.88. The van der Waals surface area contributed by atoms with Gasteiger partial charge in [0.25, 0.3) is 0 Å². The number of aliphatic hydroxyl groups excluding tert-OH is 1. The molecular formula is C16H24N4O. The van der Waals surface area contributed by atoms with Crippen LogP contribution in [0.5, 0.6) is 0 Å². The number of nitrogens with zero attached hydrogens (tertiary/aromatic N) is 4. The average Bonchev–Trinajstić information content (AvgIpc) is 2.75. The molecule has 2 aromatic heterocycles. The monoisotopic (exact) mass is 288 g/mol. The van der Waals surface area contributed by atoms with Crippen molar-refractivity contribution in [2.24, 2.45) is 0 Å². The first-order chi connectivity index (χ1) is 10.0. The van der Waals surface area contributed by atoms with E-state index in [4.69, 9.17) is 5.11 Å². The van der Waals surface area contributed by atoms with Crippen LogP contribution in [-0.4, -0.2) is 38.4 Å². The van der Waals surface area contributed by atoms with Crippen LogP contribution in [0.2, 0.25) is 0 Å². The minimum atomic E-state index is 0.113. The first-order valence-corrected chi connectivity index (χ1v) is 7.29. The van der Waals surface area contributed by atoms with Crippen molar-refractivity contribution >= 4 is 0 Å². The van der Waals surface area contributed by atoms with Gasteiger partial charge in [-0.05, 0) is 40.0 Å². The zero-order valence-corrected chi connectivity index (χ0v) is 13.2. The molecule has 0 amide bonds. The number of aliphatic hydroxyl groups is 1. The van der Waals surface area contributed by atoms with Crippen molar-refractivity contribution < 1.29 is 5.11 Å². The summed E-state index contributed by atoms with van der Waals surface area (Å²) in [5.41, 5.74) is 4.45. The zero-order chi connectivity index (χ0) is 15.4. The minimum Gasteiger partial charge on any atom is -0.394 e. The molecule has 2 heterocycles. The van der Waals surface area contributed by atoms with Crippen molar-refractivity contribution in [2.75, 3.05) is 13.7 Å². The van der Waals surface area contributed by atoms with Gasteiger partial charge >= 0.3 is 0 Å². The third kappa shape index (κ3) is 3.49. The van der Waals surface area contributed by atoms with Gasteiger partial charge < -0.3 is 5.11 Å². The fourth-order valence-electron chi connectivity index (χ4n) is 2.51. The number of pyridine rings is 1. The van der Waals surface area contributed by atoms with E-state index < -0.39 is 0 Å². The van der Waals surface area contributed by atoms with E-state index in [1.54, 1.807) is 0 Å². The van der Waals surface area contributed by atoms with E-state index in [9.17, 15) is 0 Å². The molecule has 0 aromatic carbocycles. The minimum absolute atomic E-state index is 0.113. The van der Waals surface area contributed by atoms with Crippen molar-refractivity contribution in [2.45, 2.75) is 39.9 Å². The quantitative estimate of drug-likeness (QED) is 0.884. The van der Waals surface area contributed by atoms with Gasteiger partial charge in [-0.25, -0.2) is 0 Å². The van der Waals surface area contributed by atoms with Gasteiger partial charge in [-0.3, -0.25) is 14.6 Å². The highest BCUT2D eigenvalue weighted by atomic mass is 16.3. The van der Waals surface area contributed by atoms with E-state index in [1.807, 2.05) is 29.9 Å². The van der Waals surface area contributed by atoms with Crippen LogP contribution in [0.25, 0.3) is 0 Å². The highest BCUT2D eigenvalue weighted by Crippen LogP contribution is 2.21. The molecule has 0 fully saturated rings. The van der Waals surface area contributed by atoms with E-state index in [2.05, 4.69) is 41.9 Å². The van der Waals surface area contributed by atoms with Gasteiger partial charge in [-0.15, -0.1) is 0 Å². The summed E-state index contributed by atoms with van der Waals surface area (Å²) in [7, 11) is 2.10. The molecule has 5 nitrogen and oxygen atoms in total. The Morgan fingerprint density at radius 3 is 2.71 bits per heavy atom. The van der Waals surface area contributed by atoms with Crippen LogP contribution in [0.1, 0.15) is 35.6 Å². The smallest absolute Gasteiger partial charge is 0.0644 e. The second kappa shape index (κ2) is 6.83. The Kier molecular flexibility index (Phi) is 5.09. The molecule has 0 aliphatic rings. The molecule has 0 unspecified atom stereocenters. The van der Waals surface area contributed by atoms with Gasteiger partial charge in [0.05, 0.1) is 24.5 Å². The highest BCUT2D eigenvalue weighted by Gasteiger charge is 2.17. The predicted octanol–water partition coefficient (Wildman–Crippen LogP) is 2.08. The number of hydrogen-bond donors (Lipinski definition) is 1. The van der Waals surface area contributed by atoms with Crippen molar-refractivity contribution in [3.05, 3.63) is 47.0 Å². The van der Waals surface area contributed by atoms with Crippen LogP contribution in [0.3, 0.4) is 0 Å². The summed E-state index contributed by atoms with van der Waals surface area (Å²) in [6.45, 7) is 7.72. The fourth-order valence-corrected chi connectivity index (χ4v) is 2.51. The molecule has 1 N–H and O–H groups in total. The van der Waals surface area contributed by atoms with Gasteiger partial charge in [0.15, 0.2) is 0 Å². The first-order valence-electron chi connectivity index (χ1n) is 7.29. The van der Waals surface area contributed by atoms with Gasteiger partial charge in [-0.1, -0.05) is 6.07 Å². The molecule has 0 spiro atoms. The standard InChI is InChI=1S/C16H24N4O/c1-12-15(13(2)20(18-12)9-10-21)11-19(4)14(3)16-7-5-6-8-17-16/h5-8,14,21H,9-11H2,1-4H3/t14-/m1/s1. The van der Waals surface area contributed by atoms with Crippen molar-refractivity contribution in [1.82, 2.24) is 19.7 Å². The summed E-state index contributed by atoms with van der Waals surface area (Å²) in [6.07, 6.45) is 1.83. The lowest BCUT2D eigenvalue weighted by atomic mass is 10.1. The molecule has 1 atom stereocenters. The number of hydrogen-bond acceptors (Lipinski definition) is 4. The molecule has 5 heteroatoms. The Hall–Kier alpha value is -1.72. The van der Waals surface area contributed by atoms with Crippen LogP contribution < -0.4 is 0 Å². The molecular weight excluding hydrogens is 264 g/mol. The Morgan fingerprint density at radius 1 is 1.33 bits per heavy atom. The van der Waals surface area contributed by atoms with Crippen molar-refractivity contribution in [3.63, 3.8) is 0 Å². The van der Waals surface area contributed by atoms with Crippen molar-refractivity contribution in [3.8, 4) is 0 Å².